The average molecular weight is 460 g/mol. The number of rotatable bonds is 6. The number of halogens is 1. The quantitative estimate of drug-likeness (QED) is 0.572. The first-order chi connectivity index (χ1) is 15.1. The van der Waals surface area contributed by atoms with Crippen LogP contribution in [-0.4, -0.2) is 32.2 Å². The number of methoxy groups -OCH3 is 1. The van der Waals surface area contributed by atoms with Crippen molar-refractivity contribution in [3.63, 3.8) is 0 Å². The molecular weight excluding hydrogens is 430 g/mol. The maximum absolute atomic E-state index is 13.2. The highest BCUT2D eigenvalue weighted by Gasteiger charge is 2.37. The van der Waals surface area contributed by atoms with Crippen molar-refractivity contribution in [2.45, 2.75) is 34.1 Å². The monoisotopic (exact) mass is 459 g/mol. The number of anilines is 3. The summed E-state index contributed by atoms with van der Waals surface area (Å²) >= 11 is 6.04. The van der Waals surface area contributed by atoms with Crippen molar-refractivity contribution in [1.82, 2.24) is 0 Å². The number of carbonyl (C=O) groups excluding carboxylic acids is 2. The first-order valence-corrected chi connectivity index (χ1v) is 11.0. The summed E-state index contributed by atoms with van der Waals surface area (Å²) in [5.74, 6) is 1.56. The van der Waals surface area contributed by atoms with Gasteiger partial charge in [0.25, 0.3) is 0 Å². The number of benzene rings is 2. The Hall–Kier alpha value is -2.93. The summed E-state index contributed by atoms with van der Waals surface area (Å²) in [4.78, 5) is 27.6. The second-order valence-corrected chi connectivity index (χ2v) is 9.35. The molecule has 8 heteroatoms. The Morgan fingerprint density at radius 3 is 2.66 bits per heavy atom. The molecule has 2 aromatic rings. The van der Waals surface area contributed by atoms with Crippen LogP contribution in [0.3, 0.4) is 0 Å². The number of hydrogen-bond acceptors (Lipinski definition) is 4. The zero-order valence-electron chi connectivity index (χ0n) is 19.1. The topological polar surface area (TPSA) is 79.9 Å². The number of ether oxygens (including phenoxy) is 2. The molecule has 0 saturated heterocycles. The maximum atomic E-state index is 13.2. The van der Waals surface area contributed by atoms with Crippen LogP contribution in [0.5, 0.6) is 11.5 Å². The van der Waals surface area contributed by atoms with Gasteiger partial charge in [-0.25, -0.2) is 4.79 Å². The van der Waals surface area contributed by atoms with Gasteiger partial charge in [-0.05, 0) is 62.6 Å². The first kappa shape index (κ1) is 23.7. The normalized spacial score (nSPS) is 15.0. The largest absolute Gasteiger partial charge is 0.495 e. The Morgan fingerprint density at radius 2 is 1.97 bits per heavy atom. The summed E-state index contributed by atoms with van der Waals surface area (Å²) in [6.45, 7) is 8.88. The van der Waals surface area contributed by atoms with Gasteiger partial charge < -0.3 is 25.0 Å². The smallest absolute Gasteiger partial charge is 0.323 e. The minimum Gasteiger partial charge on any atom is -0.495 e. The highest BCUT2D eigenvalue weighted by Crippen LogP contribution is 2.38. The van der Waals surface area contributed by atoms with E-state index in [1.54, 1.807) is 41.3 Å². The molecule has 1 aliphatic heterocycles. The summed E-state index contributed by atoms with van der Waals surface area (Å²) in [6, 6.07) is 9.81. The fourth-order valence-corrected chi connectivity index (χ4v) is 3.57. The Morgan fingerprint density at radius 1 is 1.22 bits per heavy atom. The molecular formula is C24H30ClN3O4. The third-order valence-corrected chi connectivity index (χ3v) is 5.50. The van der Waals surface area contributed by atoms with Gasteiger partial charge in [0.2, 0.25) is 5.91 Å². The van der Waals surface area contributed by atoms with Gasteiger partial charge in [0.15, 0.2) is 0 Å². The van der Waals surface area contributed by atoms with Crippen molar-refractivity contribution in [2.24, 2.45) is 11.3 Å². The van der Waals surface area contributed by atoms with Crippen molar-refractivity contribution in [1.29, 1.82) is 0 Å². The molecule has 0 atom stereocenters. The van der Waals surface area contributed by atoms with Gasteiger partial charge in [0.05, 0.1) is 23.9 Å². The zero-order chi connectivity index (χ0) is 23.5. The van der Waals surface area contributed by atoms with Crippen LogP contribution in [0.15, 0.2) is 36.4 Å². The molecule has 0 aromatic heterocycles. The lowest BCUT2D eigenvalue weighted by Crippen LogP contribution is -2.42. The fourth-order valence-electron chi connectivity index (χ4n) is 3.39. The lowest BCUT2D eigenvalue weighted by Gasteiger charge is -2.28. The van der Waals surface area contributed by atoms with E-state index in [0.29, 0.717) is 52.7 Å². The van der Waals surface area contributed by atoms with E-state index in [2.05, 4.69) is 24.5 Å². The summed E-state index contributed by atoms with van der Waals surface area (Å²) in [5, 5.41) is 6.03. The lowest BCUT2D eigenvalue weighted by atomic mass is 9.92. The van der Waals surface area contributed by atoms with Gasteiger partial charge in [-0.3, -0.25) is 4.79 Å². The van der Waals surface area contributed by atoms with Crippen molar-refractivity contribution in [3.05, 3.63) is 41.4 Å². The van der Waals surface area contributed by atoms with Crippen molar-refractivity contribution in [3.8, 4) is 11.5 Å². The number of urea groups is 1. The minimum atomic E-state index is -0.649. The van der Waals surface area contributed by atoms with Crippen molar-refractivity contribution < 1.29 is 19.1 Å². The standard InChI is InChI=1S/C24H30ClN3O4/c1-15(2)10-11-28-19-13-17(7-9-21(19)32-14-24(3,4)22(28)29)26-23(30)27-18-12-16(25)6-8-20(18)31-5/h6-9,12-13,15H,10-11,14H2,1-5H3,(H2,26,27,30). The fraction of sp³-hybridized carbons (Fsp3) is 0.417. The third kappa shape index (κ3) is 5.46. The molecule has 0 saturated carbocycles. The third-order valence-electron chi connectivity index (χ3n) is 5.26. The summed E-state index contributed by atoms with van der Waals surface area (Å²) < 4.78 is 11.2. The molecule has 1 aliphatic rings. The van der Waals surface area contributed by atoms with Gasteiger partial charge in [-0.15, -0.1) is 0 Å². The molecule has 2 aromatic carbocycles. The molecule has 0 bridgehead atoms. The molecule has 3 amide bonds. The summed E-state index contributed by atoms with van der Waals surface area (Å²) in [7, 11) is 1.52. The van der Waals surface area contributed by atoms with Gasteiger partial charge >= 0.3 is 6.03 Å². The molecule has 3 rings (SSSR count). The highest BCUT2D eigenvalue weighted by atomic mass is 35.5. The Balaban J connectivity index is 1.85. The van der Waals surface area contributed by atoms with Crippen LogP contribution in [0.2, 0.25) is 5.02 Å². The number of carbonyl (C=O) groups is 2. The maximum Gasteiger partial charge on any atom is 0.323 e. The van der Waals surface area contributed by atoms with E-state index in [4.69, 9.17) is 21.1 Å². The van der Waals surface area contributed by atoms with Crippen molar-refractivity contribution in [2.75, 3.05) is 35.8 Å². The predicted octanol–water partition coefficient (Wildman–Crippen LogP) is 5.79. The lowest BCUT2D eigenvalue weighted by molar-refractivity contribution is -0.127. The summed E-state index contributed by atoms with van der Waals surface area (Å²) in [6.07, 6.45) is 0.855. The molecule has 0 unspecified atom stereocenters. The predicted molar refractivity (Wildman–Crippen MR) is 128 cm³/mol. The molecule has 0 aliphatic carbocycles. The Labute approximate surface area is 194 Å². The van der Waals surface area contributed by atoms with Crippen LogP contribution in [0, 0.1) is 11.3 Å². The van der Waals surface area contributed by atoms with Crippen LogP contribution >= 0.6 is 11.6 Å². The van der Waals surface area contributed by atoms with Gasteiger partial charge in [-0.2, -0.15) is 0 Å². The van der Waals surface area contributed by atoms with E-state index >= 15 is 0 Å². The van der Waals surface area contributed by atoms with E-state index in [1.165, 1.54) is 7.11 Å². The van der Waals surface area contributed by atoms with Crippen LogP contribution in [0.25, 0.3) is 0 Å². The summed E-state index contributed by atoms with van der Waals surface area (Å²) in [5.41, 5.74) is 0.989. The van der Waals surface area contributed by atoms with Crippen LogP contribution in [0.1, 0.15) is 34.1 Å². The second-order valence-electron chi connectivity index (χ2n) is 8.92. The number of fused-ring (bicyclic) bond motifs is 1. The molecule has 0 radical (unpaired) electrons. The number of amides is 3. The molecule has 32 heavy (non-hydrogen) atoms. The van der Waals surface area contributed by atoms with Crippen molar-refractivity contribution >= 4 is 40.6 Å². The van der Waals surface area contributed by atoms with E-state index in [1.807, 2.05) is 13.8 Å². The van der Waals surface area contributed by atoms with Crippen LogP contribution in [-0.2, 0) is 4.79 Å². The Kier molecular flexibility index (Phi) is 7.19. The molecule has 0 spiro atoms. The second kappa shape index (κ2) is 9.69. The highest BCUT2D eigenvalue weighted by molar-refractivity contribution is 6.31. The van der Waals surface area contributed by atoms with Crippen LogP contribution in [0.4, 0.5) is 21.9 Å². The van der Waals surface area contributed by atoms with Crippen LogP contribution < -0.4 is 25.0 Å². The van der Waals surface area contributed by atoms with Gasteiger partial charge in [0, 0.05) is 17.3 Å². The van der Waals surface area contributed by atoms with E-state index < -0.39 is 11.4 Å². The number of nitrogens with zero attached hydrogens (tertiary/aromatic N) is 1. The van der Waals surface area contributed by atoms with E-state index in [-0.39, 0.29) is 5.91 Å². The zero-order valence-corrected chi connectivity index (χ0v) is 19.9. The van der Waals surface area contributed by atoms with Gasteiger partial charge in [0.1, 0.15) is 18.1 Å². The number of nitrogens with one attached hydrogen (secondary N) is 2. The van der Waals surface area contributed by atoms with Gasteiger partial charge in [-0.1, -0.05) is 25.4 Å². The van der Waals surface area contributed by atoms with E-state index in [9.17, 15) is 9.59 Å². The van der Waals surface area contributed by atoms with E-state index in [0.717, 1.165) is 6.42 Å². The molecule has 172 valence electrons. The average Bonchev–Trinajstić information content (AvgIpc) is 2.81. The molecule has 2 N–H and O–H groups in total. The first-order valence-electron chi connectivity index (χ1n) is 10.6. The minimum absolute atomic E-state index is 0.00200. The molecule has 1 heterocycles. The SMILES string of the molecule is COc1ccc(Cl)cc1NC(=O)Nc1ccc2c(c1)N(CCC(C)C)C(=O)C(C)(C)CO2. The molecule has 0 fully saturated rings. The number of hydrogen-bond donors (Lipinski definition) is 2. The Bertz CT molecular complexity index is 1010. The molecule has 7 nitrogen and oxygen atoms in total.